The van der Waals surface area contributed by atoms with Crippen LogP contribution in [0.15, 0.2) is 18.3 Å². The van der Waals surface area contributed by atoms with E-state index in [1.54, 1.807) is 0 Å². The number of hydrogen-bond donors (Lipinski definition) is 1. The van der Waals surface area contributed by atoms with E-state index in [4.69, 9.17) is 0 Å². The Hall–Kier alpha value is -1.05. The van der Waals surface area contributed by atoms with Crippen molar-refractivity contribution in [1.82, 2.24) is 4.98 Å². The van der Waals surface area contributed by atoms with E-state index in [2.05, 4.69) is 29.4 Å². The molecule has 0 saturated heterocycles. The van der Waals surface area contributed by atoms with Crippen molar-refractivity contribution in [2.24, 2.45) is 5.92 Å². The van der Waals surface area contributed by atoms with E-state index in [1.165, 1.54) is 31.4 Å². The molecule has 2 atom stereocenters. The van der Waals surface area contributed by atoms with Crippen molar-refractivity contribution in [2.45, 2.75) is 45.6 Å². The third kappa shape index (κ3) is 2.71. The maximum atomic E-state index is 4.31. The van der Waals surface area contributed by atoms with Crippen molar-refractivity contribution in [3.05, 3.63) is 24.0 Å². The molecule has 0 unspecified atom stereocenters. The molecular formula is C13H20N2. The highest BCUT2D eigenvalue weighted by Gasteiger charge is 2.20. The number of aryl methyl sites for hydroxylation is 1. The highest BCUT2D eigenvalue weighted by Crippen LogP contribution is 2.26. The molecule has 1 aromatic heterocycles. The predicted molar refractivity (Wildman–Crippen MR) is 64.0 cm³/mol. The summed E-state index contributed by atoms with van der Waals surface area (Å²) >= 11 is 0. The zero-order valence-corrected chi connectivity index (χ0v) is 9.66. The number of pyridine rings is 1. The van der Waals surface area contributed by atoms with Gasteiger partial charge < -0.3 is 5.32 Å². The van der Waals surface area contributed by atoms with Crippen LogP contribution in [0, 0.1) is 12.8 Å². The summed E-state index contributed by atoms with van der Waals surface area (Å²) in [5.74, 6) is 0.792. The van der Waals surface area contributed by atoms with Crippen LogP contribution in [0.5, 0.6) is 0 Å². The molecule has 1 saturated carbocycles. The van der Waals surface area contributed by atoms with Gasteiger partial charge in [-0.15, -0.1) is 0 Å². The lowest BCUT2D eigenvalue weighted by Crippen LogP contribution is -2.30. The molecular weight excluding hydrogens is 184 g/mol. The van der Waals surface area contributed by atoms with E-state index in [0.29, 0.717) is 6.04 Å². The summed E-state index contributed by atoms with van der Waals surface area (Å²) < 4.78 is 0. The van der Waals surface area contributed by atoms with Gasteiger partial charge >= 0.3 is 0 Å². The van der Waals surface area contributed by atoms with Crippen molar-refractivity contribution in [3.8, 4) is 0 Å². The van der Waals surface area contributed by atoms with Crippen molar-refractivity contribution in [3.63, 3.8) is 0 Å². The summed E-state index contributed by atoms with van der Waals surface area (Å²) in [5.41, 5.74) is 2.25. The molecule has 0 amide bonds. The Morgan fingerprint density at radius 2 is 2.07 bits per heavy atom. The first kappa shape index (κ1) is 10.5. The Morgan fingerprint density at radius 1 is 1.27 bits per heavy atom. The summed E-state index contributed by atoms with van der Waals surface area (Å²) in [6, 6.07) is 4.84. The van der Waals surface area contributed by atoms with Crippen LogP contribution in [0.2, 0.25) is 0 Å². The van der Waals surface area contributed by atoms with Crippen molar-refractivity contribution in [1.29, 1.82) is 0 Å². The van der Waals surface area contributed by atoms with Crippen LogP contribution in [-0.4, -0.2) is 11.0 Å². The lowest BCUT2D eigenvalue weighted by Gasteiger charge is -2.30. The minimum Gasteiger partial charge on any atom is -0.381 e. The maximum absolute atomic E-state index is 4.31. The molecule has 0 radical (unpaired) electrons. The lowest BCUT2D eigenvalue weighted by atomic mass is 9.86. The number of aromatic nitrogens is 1. The molecule has 2 nitrogen and oxygen atoms in total. The van der Waals surface area contributed by atoms with Gasteiger partial charge in [-0.25, -0.2) is 0 Å². The summed E-state index contributed by atoms with van der Waals surface area (Å²) in [6.07, 6.45) is 7.36. The highest BCUT2D eigenvalue weighted by molar-refractivity contribution is 5.42. The first-order chi connectivity index (χ1) is 7.25. The van der Waals surface area contributed by atoms with Crippen molar-refractivity contribution >= 4 is 5.69 Å². The molecule has 1 aliphatic rings. The Morgan fingerprint density at radius 3 is 2.73 bits per heavy atom. The summed E-state index contributed by atoms with van der Waals surface area (Å²) in [4.78, 5) is 4.31. The fourth-order valence-electron chi connectivity index (χ4n) is 2.30. The Balaban J connectivity index is 1.98. The molecule has 0 aromatic carbocycles. The molecule has 0 aliphatic heterocycles. The van der Waals surface area contributed by atoms with Gasteiger partial charge in [0.2, 0.25) is 0 Å². The number of nitrogens with zero attached hydrogens (tertiary/aromatic N) is 1. The van der Waals surface area contributed by atoms with Gasteiger partial charge in [0, 0.05) is 11.7 Å². The van der Waals surface area contributed by atoms with Gasteiger partial charge in [0.05, 0.1) is 11.9 Å². The molecule has 15 heavy (non-hydrogen) atoms. The third-order valence-corrected chi connectivity index (χ3v) is 3.37. The molecule has 1 aromatic rings. The quantitative estimate of drug-likeness (QED) is 0.798. The SMILES string of the molecule is Cc1ccc(N[C@H]2CCCC[C@@H]2C)cn1. The van der Waals surface area contributed by atoms with Crippen LogP contribution >= 0.6 is 0 Å². The molecule has 1 aliphatic carbocycles. The zero-order chi connectivity index (χ0) is 10.7. The minimum atomic E-state index is 0.642. The number of nitrogens with one attached hydrogen (secondary N) is 1. The van der Waals surface area contributed by atoms with Crippen LogP contribution in [0.25, 0.3) is 0 Å². The second-order valence-corrected chi connectivity index (χ2v) is 4.70. The molecule has 82 valence electrons. The van der Waals surface area contributed by atoms with Gasteiger partial charge in [-0.1, -0.05) is 19.8 Å². The third-order valence-electron chi connectivity index (χ3n) is 3.37. The average Bonchev–Trinajstić information content (AvgIpc) is 2.25. The van der Waals surface area contributed by atoms with E-state index >= 15 is 0 Å². The smallest absolute Gasteiger partial charge is 0.0529 e. The van der Waals surface area contributed by atoms with Crippen molar-refractivity contribution < 1.29 is 0 Å². The summed E-state index contributed by atoms with van der Waals surface area (Å²) in [6.45, 7) is 4.37. The van der Waals surface area contributed by atoms with Gasteiger partial charge in [-0.3, -0.25) is 4.98 Å². The van der Waals surface area contributed by atoms with Gasteiger partial charge in [0.15, 0.2) is 0 Å². The van der Waals surface area contributed by atoms with E-state index < -0.39 is 0 Å². The van der Waals surface area contributed by atoms with Gasteiger partial charge in [-0.2, -0.15) is 0 Å². The average molecular weight is 204 g/mol. The Bertz CT molecular complexity index is 305. The standard InChI is InChI=1S/C13H20N2/c1-10-5-3-4-6-13(10)15-12-8-7-11(2)14-9-12/h7-10,13,15H,3-6H2,1-2H3/t10-,13-/m0/s1. The van der Waals surface area contributed by atoms with Gasteiger partial charge in [0.25, 0.3) is 0 Å². The fraction of sp³-hybridized carbons (Fsp3) is 0.615. The number of rotatable bonds is 2. The number of hydrogen-bond acceptors (Lipinski definition) is 2. The highest BCUT2D eigenvalue weighted by atomic mass is 14.9. The summed E-state index contributed by atoms with van der Waals surface area (Å²) in [7, 11) is 0. The zero-order valence-electron chi connectivity index (χ0n) is 9.66. The number of anilines is 1. The minimum absolute atomic E-state index is 0.642. The molecule has 1 heterocycles. The van der Waals surface area contributed by atoms with Crippen LogP contribution in [-0.2, 0) is 0 Å². The van der Waals surface area contributed by atoms with Gasteiger partial charge in [-0.05, 0) is 37.8 Å². The molecule has 2 heteroatoms. The van der Waals surface area contributed by atoms with Crippen LogP contribution in [0.4, 0.5) is 5.69 Å². The topological polar surface area (TPSA) is 24.9 Å². The first-order valence-corrected chi connectivity index (χ1v) is 5.95. The molecule has 0 bridgehead atoms. The first-order valence-electron chi connectivity index (χ1n) is 5.95. The van der Waals surface area contributed by atoms with E-state index in [1.807, 2.05) is 13.1 Å². The fourth-order valence-corrected chi connectivity index (χ4v) is 2.30. The second-order valence-electron chi connectivity index (χ2n) is 4.70. The maximum Gasteiger partial charge on any atom is 0.0529 e. The largest absolute Gasteiger partial charge is 0.381 e. The molecule has 0 spiro atoms. The van der Waals surface area contributed by atoms with Crippen LogP contribution < -0.4 is 5.32 Å². The molecule has 1 fully saturated rings. The molecule has 2 rings (SSSR count). The van der Waals surface area contributed by atoms with E-state index in [0.717, 1.165) is 11.6 Å². The Labute approximate surface area is 92.1 Å². The lowest BCUT2D eigenvalue weighted by molar-refractivity contribution is 0.349. The van der Waals surface area contributed by atoms with Gasteiger partial charge in [0.1, 0.15) is 0 Å². The predicted octanol–water partition coefficient (Wildman–Crippen LogP) is 3.38. The monoisotopic (exact) mass is 204 g/mol. The van der Waals surface area contributed by atoms with Crippen molar-refractivity contribution in [2.75, 3.05) is 5.32 Å². The second kappa shape index (κ2) is 4.65. The van der Waals surface area contributed by atoms with E-state index in [9.17, 15) is 0 Å². The summed E-state index contributed by atoms with van der Waals surface area (Å²) in [5, 5.41) is 3.60. The van der Waals surface area contributed by atoms with Crippen LogP contribution in [0.3, 0.4) is 0 Å². The van der Waals surface area contributed by atoms with E-state index in [-0.39, 0.29) is 0 Å². The molecule has 1 N–H and O–H groups in total. The van der Waals surface area contributed by atoms with Crippen LogP contribution in [0.1, 0.15) is 38.3 Å². The normalized spacial score (nSPS) is 26.3. The Kier molecular flexibility index (Phi) is 3.24.